The second kappa shape index (κ2) is 2.14. The number of nitrogens with two attached hydrogens (primary N) is 1. The minimum atomic E-state index is 0.0174. The number of hydrogen-bond acceptors (Lipinski definition) is 1. The largest absolute Gasteiger partial charge is 0.325 e. The number of hydrogen-bond donors (Lipinski definition) is 1. The van der Waals surface area contributed by atoms with Crippen molar-refractivity contribution in [3.8, 4) is 0 Å². The molecule has 0 aromatic rings. The zero-order chi connectivity index (χ0) is 6.91. The lowest BCUT2D eigenvalue weighted by Gasteiger charge is -2.26. The fourth-order valence-corrected chi connectivity index (χ4v) is 1.22. The maximum Gasteiger partial charge on any atom is 0.0131 e. The van der Waals surface area contributed by atoms with E-state index < -0.39 is 0 Å². The fraction of sp³-hybridized carbons (Fsp3) is 0.750. The van der Waals surface area contributed by atoms with Crippen molar-refractivity contribution in [2.24, 2.45) is 11.7 Å². The fourth-order valence-electron chi connectivity index (χ4n) is 1.22. The second-order valence-corrected chi connectivity index (χ2v) is 3.46. The molecular formula is C8H15N. The van der Waals surface area contributed by atoms with Crippen LogP contribution in [0.3, 0.4) is 0 Å². The third kappa shape index (κ3) is 1.55. The molecule has 1 rings (SSSR count). The van der Waals surface area contributed by atoms with Gasteiger partial charge in [-0.2, -0.15) is 0 Å². The molecular weight excluding hydrogens is 110 g/mol. The van der Waals surface area contributed by atoms with Crippen LogP contribution in [0.15, 0.2) is 12.2 Å². The van der Waals surface area contributed by atoms with E-state index in [2.05, 4.69) is 26.0 Å². The molecule has 0 saturated heterocycles. The highest BCUT2D eigenvalue weighted by molar-refractivity contribution is 5.00. The maximum atomic E-state index is 5.90. The van der Waals surface area contributed by atoms with Crippen molar-refractivity contribution < 1.29 is 0 Å². The minimum Gasteiger partial charge on any atom is -0.325 e. The molecule has 0 heterocycles. The lowest BCUT2D eigenvalue weighted by atomic mass is 9.87. The smallest absolute Gasteiger partial charge is 0.0131 e. The van der Waals surface area contributed by atoms with Gasteiger partial charge in [0.1, 0.15) is 0 Å². The van der Waals surface area contributed by atoms with Gasteiger partial charge < -0.3 is 5.73 Å². The topological polar surface area (TPSA) is 26.0 Å². The van der Waals surface area contributed by atoms with Gasteiger partial charge in [-0.1, -0.05) is 12.2 Å². The van der Waals surface area contributed by atoms with Gasteiger partial charge in [0.05, 0.1) is 0 Å². The molecule has 0 aromatic carbocycles. The van der Waals surface area contributed by atoms with E-state index in [-0.39, 0.29) is 5.54 Å². The molecule has 0 amide bonds. The lowest BCUT2D eigenvalue weighted by molar-refractivity contribution is 0.337. The van der Waals surface area contributed by atoms with Gasteiger partial charge >= 0.3 is 0 Å². The van der Waals surface area contributed by atoms with Crippen molar-refractivity contribution in [3.05, 3.63) is 12.2 Å². The SMILES string of the molecule is CC(C)(N)C1CC=CC1. The molecule has 0 radical (unpaired) electrons. The highest BCUT2D eigenvalue weighted by Crippen LogP contribution is 2.26. The van der Waals surface area contributed by atoms with Crippen LogP contribution in [0.5, 0.6) is 0 Å². The van der Waals surface area contributed by atoms with Crippen LogP contribution in [0.2, 0.25) is 0 Å². The second-order valence-electron chi connectivity index (χ2n) is 3.46. The molecule has 0 spiro atoms. The molecule has 1 heteroatoms. The summed E-state index contributed by atoms with van der Waals surface area (Å²) in [5, 5.41) is 0. The average Bonchev–Trinajstić information content (AvgIpc) is 2.08. The first-order chi connectivity index (χ1) is 4.11. The average molecular weight is 125 g/mol. The molecule has 0 atom stereocenters. The summed E-state index contributed by atoms with van der Waals surface area (Å²) in [7, 11) is 0. The van der Waals surface area contributed by atoms with E-state index in [1.807, 2.05) is 0 Å². The van der Waals surface area contributed by atoms with E-state index in [0.717, 1.165) is 0 Å². The van der Waals surface area contributed by atoms with E-state index >= 15 is 0 Å². The summed E-state index contributed by atoms with van der Waals surface area (Å²) >= 11 is 0. The first-order valence-electron chi connectivity index (χ1n) is 3.54. The third-order valence-electron chi connectivity index (χ3n) is 2.06. The van der Waals surface area contributed by atoms with Gasteiger partial charge in [-0.05, 0) is 32.6 Å². The molecule has 0 saturated carbocycles. The Bertz CT molecular complexity index is 111. The molecule has 1 aliphatic rings. The molecule has 52 valence electrons. The van der Waals surface area contributed by atoms with Crippen molar-refractivity contribution in [1.82, 2.24) is 0 Å². The minimum absolute atomic E-state index is 0.0174. The Hall–Kier alpha value is -0.300. The van der Waals surface area contributed by atoms with Crippen LogP contribution < -0.4 is 5.73 Å². The Kier molecular flexibility index (Phi) is 1.62. The highest BCUT2D eigenvalue weighted by atomic mass is 14.7. The van der Waals surface area contributed by atoms with Gasteiger partial charge in [0, 0.05) is 5.54 Å². The Morgan fingerprint density at radius 2 is 1.78 bits per heavy atom. The molecule has 1 nitrogen and oxygen atoms in total. The van der Waals surface area contributed by atoms with Crippen molar-refractivity contribution in [1.29, 1.82) is 0 Å². The highest BCUT2D eigenvalue weighted by Gasteiger charge is 2.24. The predicted octanol–water partition coefficient (Wildman–Crippen LogP) is 1.69. The third-order valence-corrected chi connectivity index (χ3v) is 2.06. The Labute approximate surface area is 56.9 Å². The van der Waals surface area contributed by atoms with Crippen LogP contribution in [-0.2, 0) is 0 Å². The molecule has 1 aliphatic carbocycles. The van der Waals surface area contributed by atoms with Crippen molar-refractivity contribution in [3.63, 3.8) is 0 Å². The molecule has 0 unspecified atom stereocenters. The lowest BCUT2D eigenvalue weighted by Crippen LogP contribution is -2.39. The van der Waals surface area contributed by atoms with Crippen LogP contribution in [0.4, 0.5) is 0 Å². The molecule has 0 aromatic heterocycles. The molecule has 9 heavy (non-hydrogen) atoms. The zero-order valence-corrected chi connectivity index (χ0v) is 6.22. The van der Waals surface area contributed by atoms with Gasteiger partial charge in [0.15, 0.2) is 0 Å². The van der Waals surface area contributed by atoms with Gasteiger partial charge in [-0.25, -0.2) is 0 Å². The Balaban J connectivity index is 2.46. The molecule has 0 fully saturated rings. The molecule has 0 aliphatic heterocycles. The monoisotopic (exact) mass is 125 g/mol. The summed E-state index contributed by atoms with van der Waals surface area (Å²) < 4.78 is 0. The van der Waals surface area contributed by atoms with E-state index in [0.29, 0.717) is 5.92 Å². The van der Waals surface area contributed by atoms with Crippen LogP contribution in [-0.4, -0.2) is 5.54 Å². The van der Waals surface area contributed by atoms with Gasteiger partial charge in [0.2, 0.25) is 0 Å². The number of allylic oxidation sites excluding steroid dienone is 2. The summed E-state index contributed by atoms with van der Waals surface area (Å²) in [4.78, 5) is 0. The summed E-state index contributed by atoms with van der Waals surface area (Å²) in [6, 6.07) is 0. The van der Waals surface area contributed by atoms with E-state index in [4.69, 9.17) is 5.73 Å². The number of rotatable bonds is 1. The maximum absolute atomic E-state index is 5.90. The van der Waals surface area contributed by atoms with Gasteiger partial charge in [-0.15, -0.1) is 0 Å². The molecule has 0 bridgehead atoms. The zero-order valence-electron chi connectivity index (χ0n) is 6.22. The van der Waals surface area contributed by atoms with Crippen LogP contribution in [0.1, 0.15) is 26.7 Å². The quantitative estimate of drug-likeness (QED) is 0.530. The Morgan fingerprint density at radius 3 is 2.00 bits per heavy atom. The van der Waals surface area contributed by atoms with Crippen LogP contribution in [0.25, 0.3) is 0 Å². The van der Waals surface area contributed by atoms with Crippen molar-refractivity contribution in [2.45, 2.75) is 32.2 Å². The van der Waals surface area contributed by atoms with Gasteiger partial charge in [-0.3, -0.25) is 0 Å². The summed E-state index contributed by atoms with van der Waals surface area (Å²) in [5.74, 6) is 0.678. The van der Waals surface area contributed by atoms with E-state index in [1.54, 1.807) is 0 Å². The van der Waals surface area contributed by atoms with E-state index in [1.165, 1.54) is 12.8 Å². The van der Waals surface area contributed by atoms with Crippen molar-refractivity contribution in [2.75, 3.05) is 0 Å². The normalized spacial score (nSPS) is 21.2. The van der Waals surface area contributed by atoms with Gasteiger partial charge in [0.25, 0.3) is 0 Å². The van der Waals surface area contributed by atoms with Crippen molar-refractivity contribution >= 4 is 0 Å². The van der Waals surface area contributed by atoms with Crippen LogP contribution >= 0.6 is 0 Å². The Morgan fingerprint density at radius 1 is 1.33 bits per heavy atom. The molecule has 2 N–H and O–H groups in total. The first-order valence-corrected chi connectivity index (χ1v) is 3.54. The summed E-state index contributed by atoms with van der Waals surface area (Å²) in [5.41, 5.74) is 5.92. The summed E-state index contributed by atoms with van der Waals surface area (Å²) in [6.45, 7) is 4.20. The van der Waals surface area contributed by atoms with Crippen LogP contribution in [0, 0.1) is 5.92 Å². The standard InChI is InChI=1S/C8H15N/c1-8(2,9)7-5-3-4-6-7/h3-4,7H,5-6,9H2,1-2H3. The predicted molar refractivity (Wildman–Crippen MR) is 40.1 cm³/mol. The summed E-state index contributed by atoms with van der Waals surface area (Å²) in [6.07, 6.45) is 6.78. The first kappa shape index (κ1) is 6.81. The van der Waals surface area contributed by atoms with E-state index in [9.17, 15) is 0 Å².